The average molecular weight is 412 g/mol. The fourth-order valence-electron chi connectivity index (χ4n) is 3.49. The highest BCUT2D eigenvalue weighted by atomic mass is 32.1. The van der Waals surface area contributed by atoms with Crippen molar-refractivity contribution < 1.29 is 9.59 Å². The Morgan fingerprint density at radius 1 is 1.28 bits per heavy atom. The van der Waals surface area contributed by atoms with E-state index in [0.29, 0.717) is 29.1 Å². The minimum absolute atomic E-state index is 0.0709. The van der Waals surface area contributed by atoms with Crippen LogP contribution in [0.25, 0.3) is 10.9 Å². The molecule has 1 atom stereocenters. The molecule has 3 aromatic rings. The van der Waals surface area contributed by atoms with Gasteiger partial charge >= 0.3 is 0 Å². The summed E-state index contributed by atoms with van der Waals surface area (Å²) in [4.78, 5) is 43.6. The maximum atomic E-state index is 12.7. The van der Waals surface area contributed by atoms with E-state index in [1.54, 1.807) is 28.6 Å². The van der Waals surface area contributed by atoms with Crippen LogP contribution in [-0.2, 0) is 16.1 Å². The Labute approximate surface area is 170 Å². The molecule has 0 radical (unpaired) electrons. The smallest absolute Gasteiger partial charge is 0.261 e. The molecule has 1 aliphatic rings. The fraction of sp³-hybridized carbons (Fsp3) is 0.368. The number of aryl methyl sites for hydroxylation is 1. The Kier molecular flexibility index (Phi) is 5.61. The van der Waals surface area contributed by atoms with Crippen LogP contribution in [0.4, 0.5) is 5.13 Å². The summed E-state index contributed by atoms with van der Waals surface area (Å²) >= 11 is 1.26. The first-order chi connectivity index (χ1) is 14.1. The average Bonchev–Trinajstić information content (AvgIpc) is 3.26. The lowest BCUT2D eigenvalue weighted by molar-refractivity contribution is -0.134. The third-order valence-electron chi connectivity index (χ3n) is 5.03. The highest BCUT2D eigenvalue weighted by molar-refractivity contribution is 7.13. The normalized spacial score (nSPS) is 16.7. The number of nitrogens with one attached hydrogen (secondary N) is 1. The molecule has 1 saturated heterocycles. The van der Waals surface area contributed by atoms with E-state index in [1.165, 1.54) is 22.2 Å². The van der Waals surface area contributed by atoms with Gasteiger partial charge in [0.1, 0.15) is 5.51 Å². The van der Waals surface area contributed by atoms with E-state index < -0.39 is 0 Å². The summed E-state index contributed by atoms with van der Waals surface area (Å²) in [6, 6.07) is 7.14. The van der Waals surface area contributed by atoms with Gasteiger partial charge in [-0.1, -0.05) is 23.5 Å². The maximum Gasteiger partial charge on any atom is 0.261 e. The van der Waals surface area contributed by atoms with Crippen LogP contribution in [0, 0.1) is 5.92 Å². The Morgan fingerprint density at radius 3 is 2.97 bits per heavy atom. The lowest BCUT2D eigenvalue weighted by Gasteiger charge is -2.32. The number of piperidine rings is 1. The molecule has 3 heterocycles. The second-order valence-corrected chi connectivity index (χ2v) is 7.76. The van der Waals surface area contributed by atoms with Gasteiger partial charge in [-0.2, -0.15) is 0 Å². The van der Waals surface area contributed by atoms with Crippen LogP contribution in [0.3, 0.4) is 0 Å². The predicted molar refractivity (Wildman–Crippen MR) is 108 cm³/mol. The zero-order valence-corrected chi connectivity index (χ0v) is 16.5. The number of carbonyl (C=O) groups excluding carboxylic acids is 2. The van der Waals surface area contributed by atoms with Gasteiger partial charge in [-0.15, -0.1) is 10.2 Å². The predicted octanol–water partition coefficient (Wildman–Crippen LogP) is 1.52. The maximum absolute atomic E-state index is 12.7. The number of aromatic nitrogens is 4. The van der Waals surface area contributed by atoms with Gasteiger partial charge in [0, 0.05) is 26.1 Å². The molecule has 150 valence electrons. The summed E-state index contributed by atoms with van der Waals surface area (Å²) in [5.74, 6) is -0.491. The molecule has 0 spiro atoms. The number of anilines is 1. The number of fused-ring (bicyclic) bond motifs is 1. The minimum Gasteiger partial charge on any atom is -0.342 e. The zero-order chi connectivity index (χ0) is 20.2. The summed E-state index contributed by atoms with van der Waals surface area (Å²) in [5, 5.41) is 11.3. The van der Waals surface area contributed by atoms with Crippen molar-refractivity contribution >= 4 is 39.2 Å². The molecule has 1 fully saturated rings. The number of hydrogen-bond donors (Lipinski definition) is 1. The van der Waals surface area contributed by atoms with E-state index >= 15 is 0 Å². The molecule has 10 heteroatoms. The number of nitrogens with zero attached hydrogens (tertiary/aromatic N) is 5. The van der Waals surface area contributed by atoms with Crippen molar-refractivity contribution in [2.24, 2.45) is 5.92 Å². The van der Waals surface area contributed by atoms with Gasteiger partial charge < -0.3 is 10.2 Å². The third kappa shape index (κ3) is 4.32. The van der Waals surface area contributed by atoms with Crippen molar-refractivity contribution in [1.82, 2.24) is 24.6 Å². The molecule has 29 heavy (non-hydrogen) atoms. The molecule has 1 aromatic carbocycles. The molecule has 1 aliphatic heterocycles. The standard InChI is InChI=1S/C19H20N6O3S/c26-16(7-9-25-11-20-15-6-2-1-5-14(15)18(25)28)24-8-3-4-13(10-24)17(27)22-19-23-21-12-29-19/h1-2,5-6,11-13H,3-4,7-10H2,(H,22,23,27)/t13-/m0/s1. The lowest BCUT2D eigenvalue weighted by Crippen LogP contribution is -2.44. The van der Waals surface area contributed by atoms with Gasteiger partial charge in [0.2, 0.25) is 16.9 Å². The van der Waals surface area contributed by atoms with Gasteiger partial charge in [0.15, 0.2) is 0 Å². The van der Waals surface area contributed by atoms with Crippen LogP contribution in [0.1, 0.15) is 19.3 Å². The Hall–Kier alpha value is -3.14. The van der Waals surface area contributed by atoms with E-state index in [4.69, 9.17) is 0 Å². The van der Waals surface area contributed by atoms with Crippen LogP contribution in [0.2, 0.25) is 0 Å². The van der Waals surface area contributed by atoms with Crippen molar-refractivity contribution in [2.75, 3.05) is 18.4 Å². The minimum atomic E-state index is -0.276. The number of hydrogen-bond acceptors (Lipinski definition) is 7. The molecule has 1 N–H and O–H groups in total. The Balaban J connectivity index is 1.36. The quantitative estimate of drug-likeness (QED) is 0.680. The highest BCUT2D eigenvalue weighted by Gasteiger charge is 2.28. The molecule has 0 bridgehead atoms. The highest BCUT2D eigenvalue weighted by Crippen LogP contribution is 2.20. The van der Waals surface area contributed by atoms with Crippen LogP contribution < -0.4 is 10.9 Å². The molecule has 2 amide bonds. The van der Waals surface area contributed by atoms with E-state index in [1.807, 2.05) is 6.07 Å². The van der Waals surface area contributed by atoms with Crippen LogP contribution in [0.15, 0.2) is 40.9 Å². The van der Waals surface area contributed by atoms with Crippen LogP contribution >= 0.6 is 11.3 Å². The summed E-state index contributed by atoms with van der Waals surface area (Å²) < 4.78 is 1.46. The van der Waals surface area contributed by atoms with E-state index in [2.05, 4.69) is 20.5 Å². The molecule has 4 rings (SSSR count). The number of likely N-dealkylation sites (tertiary alicyclic amines) is 1. The van der Waals surface area contributed by atoms with Gasteiger partial charge in [-0.05, 0) is 25.0 Å². The second-order valence-electron chi connectivity index (χ2n) is 6.92. The number of amides is 2. The van der Waals surface area contributed by atoms with Crippen LogP contribution in [-0.4, -0.2) is 49.6 Å². The topological polar surface area (TPSA) is 110 Å². The first-order valence-corrected chi connectivity index (χ1v) is 10.3. The summed E-state index contributed by atoms with van der Waals surface area (Å²) in [7, 11) is 0. The number of para-hydroxylation sites is 1. The number of carbonyl (C=O) groups is 2. The van der Waals surface area contributed by atoms with Gasteiger partial charge in [-0.3, -0.25) is 19.0 Å². The SMILES string of the molecule is O=C(Nc1nncs1)[C@H]1CCCN(C(=O)CCn2cnc3ccccc3c2=O)C1. The summed E-state index contributed by atoms with van der Waals surface area (Å²) in [6.07, 6.45) is 3.15. The fourth-order valence-corrected chi connectivity index (χ4v) is 3.94. The first-order valence-electron chi connectivity index (χ1n) is 9.41. The first kappa shape index (κ1) is 19.2. The zero-order valence-electron chi connectivity index (χ0n) is 15.7. The number of benzene rings is 1. The molecule has 0 aliphatic carbocycles. The van der Waals surface area contributed by atoms with Crippen molar-refractivity contribution in [3.05, 3.63) is 46.5 Å². The molecular weight excluding hydrogens is 392 g/mol. The van der Waals surface area contributed by atoms with E-state index in [9.17, 15) is 14.4 Å². The Morgan fingerprint density at radius 2 is 2.14 bits per heavy atom. The number of rotatable bonds is 5. The second kappa shape index (κ2) is 8.48. The summed E-state index contributed by atoms with van der Waals surface area (Å²) in [5.41, 5.74) is 2.03. The monoisotopic (exact) mass is 412 g/mol. The molecule has 0 unspecified atom stereocenters. The van der Waals surface area contributed by atoms with Gasteiger partial charge in [-0.25, -0.2) is 4.98 Å². The molecule has 9 nitrogen and oxygen atoms in total. The summed E-state index contributed by atoms with van der Waals surface area (Å²) in [6.45, 7) is 1.24. The van der Waals surface area contributed by atoms with Crippen molar-refractivity contribution in [2.45, 2.75) is 25.8 Å². The Bertz CT molecular complexity index is 1080. The molecular formula is C19H20N6O3S. The van der Waals surface area contributed by atoms with Crippen molar-refractivity contribution in [1.29, 1.82) is 0 Å². The largest absolute Gasteiger partial charge is 0.342 e. The van der Waals surface area contributed by atoms with Crippen molar-refractivity contribution in [3.63, 3.8) is 0 Å². The molecule has 0 saturated carbocycles. The van der Waals surface area contributed by atoms with E-state index in [-0.39, 0.29) is 36.3 Å². The molecule has 2 aromatic heterocycles. The van der Waals surface area contributed by atoms with Crippen LogP contribution in [0.5, 0.6) is 0 Å². The third-order valence-corrected chi connectivity index (χ3v) is 5.64. The lowest BCUT2D eigenvalue weighted by atomic mass is 9.97. The van der Waals surface area contributed by atoms with Crippen molar-refractivity contribution in [3.8, 4) is 0 Å². The van der Waals surface area contributed by atoms with E-state index in [0.717, 1.165) is 12.8 Å². The van der Waals surface area contributed by atoms with Gasteiger partial charge in [0.05, 0.1) is 23.1 Å². The van der Waals surface area contributed by atoms with Gasteiger partial charge in [0.25, 0.3) is 5.56 Å².